The highest BCUT2D eigenvalue weighted by atomic mass is 32.2. The van der Waals surface area contributed by atoms with Gasteiger partial charge in [0.15, 0.2) is 4.90 Å². The first kappa shape index (κ1) is 33.5. The Morgan fingerprint density at radius 2 is 1.82 bits per heavy atom. The number of cyclic esters (lactones) is 1. The number of sulfonamides is 1. The van der Waals surface area contributed by atoms with Crippen LogP contribution in [0.1, 0.15) is 37.0 Å². The molecule has 1 aromatic heterocycles. The van der Waals surface area contributed by atoms with Crippen molar-refractivity contribution >= 4 is 33.3 Å². The fraction of sp³-hybridized carbons (Fsp3) is 0.324. The largest absolute Gasteiger partial charge is 0.497 e. The van der Waals surface area contributed by atoms with Gasteiger partial charge in [-0.15, -0.1) is 0 Å². The fourth-order valence-electron chi connectivity index (χ4n) is 6.62. The van der Waals surface area contributed by atoms with E-state index in [1.807, 2.05) is 26.0 Å². The van der Waals surface area contributed by atoms with Crippen molar-refractivity contribution in [2.24, 2.45) is 0 Å². The summed E-state index contributed by atoms with van der Waals surface area (Å²) in [7, 11) is -1.60. The minimum atomic E-state index is -4.60. The molecule has 1 atom stereocenters. The maximum Gasteiger partial charge on any atom is 0.410 e. The molecule has 1 fully saturated rings. The van der Waals surface area contributed by atoms with Gasteiger partial charge in [-0.2, -0.15) is 0 Å². The Balaban J connectivity index is 1.42. The zero-order chi connectivity index (χ0) is 35.1. The number of hydrogen-bond donors (Lipinski definition) is 1. The number of benzene rings is 3. The minimum absolute atomic E-state index is 0.0899. The number of ether oxygens (including phenoxy) is 3. The Bertz CT molecular complexity index is 2040. The summed E-state index contributed by atoms with van der Waals surface area (Å²) in [4.78, 5) is 34.0. The standard InChI is InChI=1S/C34H36N6O8S/c1-34(2)17-25-24(30-29(34)32(35)37-20-36-30)13-14-27(47-4)31(25)39(49(44,45)28-8-6-5-7-26(28)40(42)43)16-15-23-19-38(33(41)48-23)18-21-9-11-22(46-3)12-10-21/h5-14,20,23H,15-19H2,1-4H3,(H2,35,36,37)/t23-/m1/s1. The second-order valence-electron chi connectivity index (χ2n) is 12.5. The predicted molar refractivity (Wildman–Crippen MR) is 181 cm³/mol. The summed E-state index contributed by atoms with van der Waals surface area (Å²) in [6, 6.07) is 15.9. The van der Waals surface area contributed by atoms with Crippen LogP contribution in [0.4, 0.5) is 22.0 Å². The van der Waals surface area contributed by atoms with Gasteiger partial charge in [0.2, 0.25) is 0 Å². The quantitative estimate of drug-likeness (QED) is 0.164. The van der Waals surface area contributed by atoms with Crippen LogP contribution >= 0.6 is 0 Å². The molecule has 3 aromatic carbocycles. The molecule has 1 amide bonds. The average molecular weight is 689 g/mol. The molecular formula is C34H36N6O8S. The van der Waals surface area contributed by atoms with Gasteiger partial charge in [0, 0.05) is 36.7 Å². The molecule has 0 radical (unpaired) electrons. The van der Waals surface area contributed by atoms with Crippen molar-refractivity contribution in [1.82, 2.24) is 14.9 Å². The van der Waals surface area contributed by atoms with Gasteiger partial charge in [0.1, 0.15) is 29.7 Å². The van der Waals surface area contributed by atoms with Crippen molar-refractivity contribution in [1.29, 1.82) is 0 Å². The molecule has 1 aliphatic heterocycles. The Hall–Kier alpha value is -5.44. The third-order valence-corrected chi connectivity index (χ3v) is 10.8. The second kappa shape index (κ2) is 12.9. The van der Waals surface area contributed by atoms with E-state index in [0.29, 0.717) is 34.8 Å². The summed E-state index contributed by atoms with van der Waals surface area (Å²) in [5.74, 6) is 1.25. The normalized spacial score (nSPS) is 16.4. The van der Waals surface area contributed by atoms with Crippen molar-refractivity contribution in [3.8, 4) is 22.8 Å². The number of para-hydroxylation sites is 1. The second-order valence-corrected chi connectivity index (χ2v) is 14.3. The van der Waals surface area contributed by atoms with E-state index in [2.05, 4.69) is 9.97 Å². The maximum absolute atomic E-state index is 14.7. The number of amides is 1. The zero-order valence-electron chi connectivity index (χ0n) is 27.5. The smallest absolute Gasteiger partial charge is 0.410 e. The van der Waals surface area contributed by atoms with Crippen molar-refractivity contribution in [3.05, 3.63) is 93.8 Å². The molecule has 15 heteroatoms. The summed E-state index contributed by atoms with van der Waals surface area (Å²) in [6.45, 7) is 4.25. The molecule has 0 spiro atoms. The number of aromatic nitrogens is 2. The van der Waals surface area contributed by atoms with Crippen LogP contribution in [-0.4, -0.2) is 67.7 Å². The van der Waals surface area contributed by atoms with Crippen LogP contribution in [0.15, 0.2) is 71.9 Å². The van der Waals surface area contributed by atoms with E-state index in [1.54, 1.807) is 36.3 Å². The van der Waals surface area contributed by atoms with Crippen LogP contribution in [-0.2, 0) is 33.1 Å². The monoisotopic (exact) mass is 688 g/mol. The fourth-order valence-corrected chi connectivity index (χ4v) is 8.30. The molecular weight excluding hydrogens is 652 g/mol. The molecule has 2 aliphatic rings. The van der Waals surface area contributed by atoms with Gasteiger partial charge in [-0.3, -0.25) is 14.4 Å². The average Bonchev–Trinajstić information content (AvgIpc) is 3.42. The highest BCUT2D eigenvalue weighted by molar-refractivity contribution is 7.93. The summed E-state index contributed by atoms with van der Waals surface area (Å²) >= 11 is 0. The van der Waals surface area contributed by atoms with Crippen molar-refractivity contribution in [2.45, 2.75) is 49.6 Å². The molecule has 0 bridgehead atoms. The highest BCUT2D eigenvalue weighted by Gasteiger charge is 2.41. The van der Waals surface area contributed by atoms with Gasteiger partial charge < -0.3 is 24.8 Å². The number of nitrogens with two attached hydrogens (primary N) is 1. The van der Waals surface area contributed by atoms with E-state index in [4.69, 9.17) is 19.9 Å². The van der Waals surface area contributed by atoms with Gasteiger partial charge in [-0.1, -0.05) is 38.1 Å². The third-order valence-electron chi connectivity index (χ3n) is 8.91. The number of fused-ring (bicyclic) bond motifs is 3. The van der Waals surface area contributed by atoms with Crippen LogP contribution in [0.25, 0.3) is 11.3 Å². The zero-order valence-corrected chi connectivity index (χ0v) is 28.3. The van der Waals surface area contributed by atoms with Gasteiger partial charge in [0.05, 0.1) is 37.1 Å². The number of methoxy groups -OCH3 is 2. The minimum Gasteiger partial charge on any atom is -0.497 e. The first-order valence-corrected chi connectivity index (χ1v) is 17.0. The van der Waals surface area contributed by atoms with E-state index in [0.717, 1.165) is 21.5 Å². The molecule has 256 valence electrons. The Labute approximate surface area is 283 Å². The Morgan fingerprint density at radius 3 is 2.51 bits per heavy atom. The molecule has 2 heterocycles. The Kier molecular flexibility index (Phi) is 8.79. The molecule has 6 rings (SSSR count). The predicted octanol–water partition coefficient (Wildman–Crippen LogP) is 5.09. The molecule has 1 saturated heterocycles. The Morgan fingerprint density at radius 1 is 1.08 bits per heavy atom. The van der Waals surface area contributed by atoms with Gasteiger partial charge >= 0.3 is 6.09 Å². The molecule has 0 saturated carbocycles. The number of nitrogens with zero attached hydrogens (tertiary/aromatic N) is 5. The van der Waals surface area contributed by atoms with Crippen LogP contribution in [0, 0.1) is 10.1 Å². The lowest BCUT2D eigenvalue weighted by atomic mass is 9.71. The number of nitro benzene ring substituents is 1. The first-order valence-electron chi connectivity index (χ1n) is 15.5. The van der Waals surface area contributed by atoms with Gasteiger partial charge in [0.25, 0.3) is 15.7 Å². The lowest BCUT2D eigenvalue weighted by Crippen LogP contribution is -2.37. The number of anilines is 2. The van der Waals surface area contributed by atoms with E-state index in [1.165, 1.54) is 31.6 Å². The van der Waals surface area contributed by atoms with Gasteiger partial charge in [-0.05, 0) is 53.3 Å². The van der Waals surface area contributed by atoms with E-state index in [-0.39, 0.29) is 37.5 Å². The molecule has 49 heavy (non-hydrogen) atoms. The van der Waals surface area contributed by atoms with Crippen LogP contribution in [0.2, 0.25) is 0 Å². The van der Waals surface area contributed by atoms with Crippen LogP contribution in [0.5, 0.6) is 11.5 Å². The molecule has 1 aliphatic carbocycles. The van der Waals surface area contributed by atoms with Crippen molar-refractivity contribution < 1.29 is 32.3 Å². The molecule has 4 aromatic rings. The highest BCUT2D eigenvalue weighted by Crippen LogP contribution is 2.50. The third kappa shape index (κ3) is 6.17. The number of rotatable bonds is 11. The topological polar surface area (TPSA) is 180 Å². The number of hydrogen-bond acceptors (Lipinski definition) is 11. The summed E-state index contributed by atoms with van der Waals surface area (Å²) in [5, 5.41) is 12.1. The summed E-state index contributed by atoms with van der Waals surface area (Å²) in [5.41, 5.74) is 8.77. The maximum atomic E-state index is 14.7. The first-order chi connectivity index (χ1) is 23.3. The van der Waals surface area contributed by atoms with Crippen molar-refractivity contribution in [2.75, 3.05) is 37.3 Å². The number of carbonyl (C=O) groups excluding carboxylic acids is 1. The summed E-state index contributed by atoms with van der Waals surface area (Å²) < 4.78 is 47.2. The SMILES string of the molecule is COc1ccc(CN2C[C@@H](CCN(c3c(OC)ccc4c3CC(C)(C)c3c(N)ncnc3-4)S(=O)(=O)c3ccccc3[N+](=O)[O-])OC2=O)cc1. The molecule has 14 nitrogen and oxygen atoms in total. The number of carbonyl (C=O) groups is 1. The van der Waals surface area contributed by atoms with Gasteiger partial charge in [-0.25, -0.2) is 23.2 Å². The molecule has 2 N–H and O–H groups in total. The van der Waals surface area contributed by atoms with E-state index in [9.17, 15) is 23.3 Å². The lowest BCUT2D eigenvalue weighted by Gasteiger charge is -2.37. The van der Waals surface area contributed by atoms with E-state index >= 15 is 0 Å². The van der Waals surface area contributed by atoms with Crippen LogP contribution < -0.4 is 19.5 Å². The summed E-state index contributed by atoms with van der Waals surface area (Å²) in [6.07, 6.45) is 0.587. The molecule has 0 unspecified atom stereocenters. The van der Waals surface area contributed by atoms with Crippen LogP contribution in [0.3, 0.4) is 0 Å². The number of nitrogen functional groups attached to an aromatic ring is 1. The number of nitro groups is 1. The van der Waals surface area contributed by atoms with Crippen molar-refractivity contribution in [3.63, 3.8) is 0 Å². The lowest BCUT2D eigenvalue weighted by molar-refractivity contribution is -0.387. The van der Waals surface area contributed by atoms with E-state index < -0.39 is 43.1 Å².